The van der Waals surface area contributed by atoms with Crippen molar-refractivity contribution >= 4 is 5.91 Å². The summed E-state index contributed by atoms with van der Waals surface area (Å²) in [6.07, 6.45) is 2.60. The third kappa shape index (κ3) is 3.76. The van der Waals surface area contributed by atoms with Crippen LogP contribution in [0, 0.1) is 12.3 Å². The third-order valence-corrected chi connectivity index (χ3v) is 4.13. The monoisotopic (exact) mass is 278 g/mol. The minimum Gasteiger partial charge on any atom is -0.351 e. The lowest BCUT2D eigenvalue weighted by molar-refractivity contribution is 0.0926. The van der Waals surface area contributed by atoms with Crippen LogP contribution in [0.5, 0.6) is 0 Å². The highest BCUT2D eigenvalue weighted by Gasteiger charge is 2.25. The van der Waals surface area contributed by atoms with Gasteiger partial charge in [-0.05, 0) is 44.2 Å². The van der Waals surface area contributed by atoms with Gasteiger partial charge >= 0.3 is 0 Å². The molecular weight excluding hydrogens is 252 g/mol. The molecule has 0 aliphatic carbocycles. The third-order valence-electron chi connectivity index (χ3n) is 4.13. The zero-order valence-electron chi connectivity index (χ0n) is 13.0. The second-order valence-corrected chi connectivity index (χ2v) is 5.29. The topological polar surface area (TPSA) is 80.9 Å². The van der Waals surface area contributed by atoms with E-state index >= 15 is 0 Å². The van der Waals surface area contributed by atoms with Crippen LogP contribution in [0.15, 0.2) is 6.07 Å². The van der Waals surface area contributed by atoms with Crippen molar-refractivity contribution in [3.63, 3.8) is 0 Å². The van der Waals surface area contributed by atoms with Crippen molar-refractivity contribution in [1.82, 2.24) is 15.5 Å². The normalized spacial score (nSPS) is 11.4. The van der Waals surface area contributed by atoms with Crippen LogP contribution in [0.25, 0.3) is 0 Å². The summed E-state index contributed by atoms with van der Waals surface area (Å²) >= 11 is 0. The van der Waals surface area contributed by atoms with E-state index in [0.717, 1.165) is 24.2 Å². The van der Waals surface area contributed by atoms with Gasteiger partial charge in [0.25, 0.3) is 5.91 Å². The smallest absolute Gasteiger partial charge is 0.253 e. The maximum Gasteiger partial charge on any atom is 0.253 e. The Morgan fingerprint density at radius 1 is 1.30 bits per heavy atom. The number of hydrogen-bond donors (Lipinski definition) is 2. The Bertz CT molecular complexity index is 447. The van der Waals surface area contributed by atoms with E-state index in [1.165, 1.54) is 0 Å². The highest BCUT2D eigenvalue weighted by Crippen LogP contribution is 2.23. The molecule has 1 amide bonds. The molecule has 0 radical (unpaired) electrons. The SMILES string of the molecule is CCc1nnc(C)cc1C(=O)NCC(CC)(CC)CN. The van der Waals surface area contributed by atoms with Gasteiger partial charge in [-0.25, -0.2) is 0 Å². The van der Waals surface area contributed by atoms with Gasteiger partial charge in [0.1, 0.15) is 0 Å². The molecule has 0 aromatic carbocycles. The molecule has 0 spiro atoms. The molecule has 0 fully saturated rings. The molecule has 5 heteroatoms. The lowest BCUT2D eigenvalue weighted by Crippen LogP contribution is -2.42. The van der Waals surface area contributed by atoms with Crippen LogP contribution in [0.1, 0.15) is 55.4 Å². The molecule has 0 bridgehead atoms. The van der Waals surface area contributed by atoms with Gasteiger partial charge in [0, 0.05) is 6.54 Å². The summed E-state index contributed by atoms with van der Waals surface area (Å²) in [5.74, 6) is -0.0837. The zero-order valence-corrected chi connectivity index (χ0v) is 13.0. The number of carbonyl (C=O) groups excluding carboxylic acids is 1. The lowest BCUT2D eigenvalue weighted by Gasteiger charge is -2.30. The number of aromatic nitrogens is 2. The fourth-order valence-electron chi connectivity index (χ4n) is 2.20. The van der Waals surface area contributed by atoms with Crippen molar-refractivity contribution in [2.75, 3.05) is 13.1 Å². The van der Waals surface area contributed by atoms with Gasteiger partial charge < -0.3 is 11.1 Å². The first-order chi connectivity index (χ1) is 9.51. The van der Waals surface area contributed by atoms with Crippen LogP contribution in [0.3, 0.4) is 0 Å². The fourth-order valence-corrected chi connectivity index (χ4v) is 2.20. The van der Waals surface area contributed by atoms with Crippen LogP contribution < -0.4 is 11.1 Å². The molecule has 0 atom stereocenters. The van der Waals surface area contributed by atoms with Crippen LogP contribution in [0.2, 0.25) is 0 Å². The van der Waals surface area contributed by atoms with Crippen LogP contribution >= 0.6 is 0 Å². The number of nitrogens with one attached hydrogen (secondary N) is 1. The van der Waals surface area contributed by atoms with Crippen molar-refractivity contribution in [3.05, 3.63) is 23.0 Å². The van der Waals surface area contributed by atoms with E-state index < -0.39 is 0 Å². The average molecular weight is 278 g/mol. The number of rotatable bonds is 7. The predicted octanol–water partition coefficient (Wildman–Crippen LogP) is 1.84. The minimum atomic E-state index is -0.0837. The van der Waals surface area contributed by atoms with Crippen molar-refractivity contribution in [3.8, 4) is 0 Å². The second kappa shape index (κ2) is 7.33. The number of amides is 1. The molecule has 3 N–H and O–H groups in total. The Balaban J connectivity index is 2.84. The molecule has 20 heavy (non-hydrogen) atoms. The van der Waals surface area contributed by atoms with E-state index in [1.807, 2.05) is 13.8 Å². The summed E-state index contributed by atoms with van der Waals surface area (Å²) < 4.78 is 0. The van der Waals surface area contributed by atoms with Gasteiger partial charge in [-0.2, -0.15) is 10.2 Å². The van der Waals surface area contributed by atoms with Crippen molar-refractivity contribution in [1.29, 1.82) is 0 Å². The number of carbonyl (C=O) groups is 1. The Labute approximate surface area is 121 Å². The number of nitrogens with two attached hydrogens (primary N) is 1. The summed E-state index contributed by atoms with van der Waals surface area (Å²) in [4.78, 5) is 12.4. The Morgan fingerprint density at radius 3 is 2.45 bits per heavy atom. The first-order valence-electron chi connectivity index (χ1n) is 7.33. The van der Waals surface area contributed by atoms with Crippen molar-refractivity contribution in [2.45, 2.75) is 47.0 Å². The number of aryl methyl sites for hydroxylation is 2. The van der Waals surface area contributed by atoms with Gasteiger partial charge in [-0.3, -0.25) is 4.79 Å². The molecule has 1 heterocycles. The molecule has 1 aromatic heterocycles. The first-order valence-corrected chi connectivity index (χ1v) is 7.33. The van der Waals surface area contributed by atoms with E-state index in [1.54, 1.807) is 6.07 Å². The molecule has 0 saturated carbocycles. The highest BCUT2D eigenvalue weighted by atomic mass is 16.1. The number of hydrogen-bond acceptors (Lipinski definition) is 4. The average Bonchev–Trinajstić information content (AvgIpc) is 2.49. The summed E-state index contributed by atoms with van der Waals surface area (Å²) in [5, 5.41) is 11.1. The summed E-state index contributed by atoms with van der Waals surface area (Å²) in [7, 11) is 0. The highest BCUT2D eigenvalue weighted by molar-refractivity contribution is 5.95. The first kappa shape index (κ1) is 16.6. The van der Waals surface area contributed by atoms with E-state index in [4.69, 9.17) is 5.73 Å². The van der Waals surface area contributed by atoms with Gasteiger partial charge in [-0.15, -0.1) is 0 Å². The second-order valence-electron chi connectivity index (χ2n) is 5.29. The maximum atomic E-state index is 12.4. The molecule has 0 aliphatic heterocycles. The zero-order chi connectivity index (χ0) is 15.2. The molecule has 0 unspecified atom stereocenters. The van der Waals surface area contributed by atoms with Crippen LogP contribution in [-0.2, 0) is 6.42 Å². The van der Waals surface area contributed by atoms with Gasteiger partial charge in [0.2, 0.25) is 0 Å². The lowest BCUT2D eigenvalue weighted by atomic mass is 9.82. The van der Waals surface area contributed by atoms with Crippen LogP contribution in [0.4, 0.5) is 0 Å². The molecule has 1 aromatic rings. The largest absolute Gasteiger partial charge is 0.351 e. The Hall–Kier alpha value is -1.49. The van der Waals surface area contributed by atoms with Gasteiger partial charge in [0.15, 0.2) is 0 Å². The van der Waals surface area contributed by atoms with Crippen molar-refractivity contribution < 1.29 is 4.79 Å². The molecule has 5 nitrogen and oxygen atoms in total. The van der Waals surface area contributed by atoms with Gasteiger partial charge in [-0.1, -0.05) is 20.8 Å². The molecule has 0 aliphatic rings. The quantitative estimate of drug-likeness (QED) is 0.797. The van der Waals surface area contributed by atoms with Crippen molar-refractivity contribution in [2.24, 2.45) is 11.1 Å². The van der Waals surface area contributed by atoms with Crippen LogP contribution in [-0.4, -0.2) is 29.2 Å². The summed E-state index contributed by atoms with van der Waals surface area (Å²) in [6, 6.07) is 1.79. The Morgan fingerprint density at radius 2 is 1.95 bits per heavy atom. The summed E-state index contributed by atoms with van der Waals surface area (Å²) in [6.45, 7) is 9.20. The standard InChI is InChI=1S/C15H26N4O/c1-5-13-12(8-11(4)18-19-13)14(20)17-10-15(6-2,7-3)9-16/h8H,5-7,9-10,16H2,1-4H3,(H,17,20). The van der Waals surface area contributed by atoms with Gasteiger partial charge in [0.05, 0.1) is 17.0 Å². The maximum absolute atomic E-state index is 12.4. The molecular formula is C15H26N4O. The predicted molar refractivity (Wildman–Crippen MR) is 80.5 cm³/mol. The molecule has 1 rings (SSSR count). The van der Waals surface area contributed by atoms with E-state index in [0.29, 0.717) is 25.1 Å². The minimum absolute atomic E-state index is 0.0163. The number of nitrogens with zero attached hydrogens (tertiary/aromatic N) is 2. The van der Waals surface area contributed by atoms with E-state index in [-0.39, 0.29) is 11.3 Å². The van der Waals surface area contributed by atoms with E-state index in [2.05, 4.69) is 29.4 Å². The molecule has 112 valence electrons. The Kier molecular flexibility index (Phi) is 6.07. The summed E-state index contributed by atoms with van der Waals surface area (Å²) in [5.41, 5.74) is 7.96. The van der Waals surface area contributed by atoms with E-state index in [9.17, 15) is 4.79 Å². The molecule has 0 saturated heterocycles. The fraction of sp³-hybridized carbons (Fsp3) is 0.667.